The minimum absolute atomic E-state index is 0.0259. The summed E-state index contributed by atoms with van der Waals surface area (Å²) in [6.45, 7) is 0. The fourth-order valence-electron chi connectivity index (χ4n) is 2.17. The van der Waals surface area contributed by atoms with Crippen LogP contribution < -0.4 is 5.73 Å². The number of esters is 2. The van der Waals surface area contributed by atoms with Crippen molar-refractivity contribution in [3.63, 3.8) is 0 Å². The van der Waals surface area contributed by atoms with Crippen molar-refractivity contribution in [3.8, 4) is 11.5 Å². The summed E-state index contributed by atoms with van der Waals surface area (Å²) >= 11 is 2.54. The van der Waals surface area contributed by atoms with Crippen LogP contribution in [0.3, 0.4) is 0 Å². The van der Waals surface area contributed by atoms with Gasteiger partial charge in [0.1, 0.15) is 5.75 Å². The Morgan fingerprint density at radius 2 is 1.37 bits per heavy atom. The molecule has 0 aliphatic heterocycles. The highest BCUT2D eigenvalue weighted by molar-refractivity contribution is 7.99. The van der Waals surface area contributed by atoms with Crippen molar-refractivity contribution in [2.75, 3.05) is 32.5 Å². The number of nitrogen functional groups attached to an aromatic ring is 1. The summed E-state index contributed by atoms with van der Waals surface area (Å²) in [4.78, 5) is 33.5. The molecule has 2 rings (SSSR count). The lowest BCUT2D eigenvalue weighted by Crippen LogP contribution is -2.04. The van der Waals surface area contributed by atoms with Gasteiger partial charge in [0.25, 0.3) is 0 Å². The Kier molecular flexibility index (Phi) is 9.27. The van der Waals surface area contributed by atoms with Crippen LogP contribution in [0.25, 0.3) is 0 Å². The maximum atomic E-state index is 11.3. The lowest BCUT2D eigenvalue weighted by Gasteiger charge is -2.07. The molecule has 0 aliphatic rings. The van der Waals surface area contributed by atoms with Gasteiger partial charge in [0, 0.05) is 21.9 Å². The second-order valence-electron chi connectivity index (χ2n) is 5.39. The average molecular weight is 456 g/mol. The van der Waals surface area contributed by atoms with Gasteiger partial charge in [0.05, 0.1) is 36.0 Å². The molecule has 2 aromatic rings. The molecular weight excluding hydrogens is 436 g/mol. The molecule has 4 N–H and O–H groups in total. The summed E-state index contributed by atoms with van der Waals surface area (Å²) < 4.78 is 9.08. The Balaban J connectivity index is 0.000000303. The van der Waals surface area contributed by atoms with Crippen LogP contribution >= 0.6 is 23.5 Å². The number of rotatable bonds is 5. The zero-order chi connectivity index (χ0) is 23.0. The van der Waals surface area contributed by atoms with E-state index in [1.54, 1.807) is 12.5 Å². The van der Waals surface area contributed by atoms with Crippen molar-refractivity contribution in [2.24, 2.45) is 0 Å². The van der Waals surface area contributed by atoms with Gasteiger partial charge in [-0.2, -0.15) is 0 Å². The highest BCUT2D eigenvalue weighted by Crippen LogP contribution is 2.34. The van der Waals surface area contributed by atoms with Crippen LogP contribution in [0.2, 0.25) is 0 Å². The number of methoxy groups -OCH3 is 2. The Hall–Kier alpha value is -3.12. The first-order valence-electron chi connectivity index (χ1n) is 7.99. The van der Waals surface area contributed by atoms with E-state index in [0.717, 1.165) is 6.07 Å². The van der Waals surface area contributed by atoms with Crippen molar-refractivity contribution < 1.29 is 34.2 Å². The zero-order valence-electron chi connectivity index (χ0n) is 16.5. The molecule has 0 radical (unpaired) electrons. The van der Waals surface area contributed by atoms with E-state index < -0.39 is 28.3 Å². The number of thioether (sulfide) groups is 2. The predicted molar refractivity (Wildman–Crippen MR) is 114 cm³/mol. The fraction of sp³-hybridized carbons (Fsp3) is 0.222. The Morgan fingerprint density at radius 3 is 1.77 bits per heavy atom. The molecule has 0 saturated heterocycles. The first-order chi connectivity index (χ1) is 14.1. The van der Waals surface area contributed by atoms with Crippen molar-refractivity contribution in [1.82, 2.24) is 0 Å². The third-order valence-corrected chi connectivity index (χ3v) is 5.21. The van der Waals surface area contributed by atoms with Crippen molar-refractivity contribution in [1.29, 1.82) is 0 Å². The van der Waals surface area contributed by atoms with Gasteiger partial charge in [0.2, 0.25) is 0 Å². The lowest BCUT2D eigenvalue weighted by molar-refractivity contribution is -0.385. The number of hydrogen-bond acceptors (Lipinski definition) is 11. The molecule has 0 heterocycles. The van der Waals surface area contributed by atoms with Crippen molar-refractivity contribution in [3.05, 3.63) is 45.5 Å². The monoisotopic (exact) mass is 456 g/mol. The number of nitro benzene ring substituents is 1. The minimum Gasteiger partial charge on any atom is -0.506 e. The molecule has 2 aromatic carbocycles. The van der Waals surface area contributed by atoms with E-state index in [2.05, 4.69) is 9.47 Å². The van der Waals surface area contributed by atoms with Gasteiger partial charge in [-0.25, -0.2) is 9.59 Å². The van der Waals surface area contributed by atoms with Gasteiger partial charge in [0.15, 0.2) is 5.75 Å². The van der Waals surface area contributed by atoms with Gasteiger partial charge in [-0.15, -0.1) is 23.5 Å². The number of aromatic hydroxyl groups is 2. The average Bonchev–Trinajstić information content (AvgIpc) is 2.73. The van der Waals surface area contributed by atoms with Crippen LogP contribution in [0.5, 0.6) is 11.5 Å². The van der Waals surface area contributed by atoms with Crippen LogP contribution in [0.1, 0.15) is 20.7 Å². The molecule has 0 aliphatic carbocycles. The number of benzene rings is 2. The molecule has 0 saturated carbocycles. The van der Waals surface area contributed by atoms with Crippen LogP contribution in [0.15, 0.2) is 34.1 Å². The van der Waals surface area contributed by atoms with Crippen LogP contribution in [0.4, 0.5) is 11.4 Å². The van der Waals surface area contributed by atoms with Crippen molar-refractivity contribution in [2.45, 2.75) is 9.79 Å². The second kappa shape index (κ2) is 11.2. The first kappa shape index (κ1) is 24.9. The Labute approximate surface area is 180 Å². The molecule has 0 amide bonds. The Morgan fingerprint density at radius 1 is 0.933 bits per heavy atom. The van der Waals surface area contributed by atoms with Gasteiger partial charge in [-0.3, -0.25) is 10.1 Å². The van der Waals surface area contributed by atoms with E-state index in [1.165, 1.54) is 55.9 Å². The standard InChI is InChI=1S/C9H9NO5S.C9H11NO3S/c1-15-9(12)5-3-6(10(13)14)7(11)4-8(5)16-2;1-13-9(12)5-3-6(10)7(11)4-8(5)14-2/h3-4,11H,1-2H3;3-4,11H,10H2,1-2H3. The SMILES string of the molecule is COC(=O)c1cc(N)c(O)cc1SC.COC(=O)c1cc([N+](=O)[O-])c(O)cc1SC. The van der Waals surface area contributed by atoms with Crippen LogP contribution in [-0.2, 0) is 9.47 Å². The number of nitro groups is 1. The molecule has 0 spiro atoms. The smallest absolute Gasteiger partial charge is 0.339 e. The predicted octanol–water partition coefficient (Wildman–Crippen LogP) is 3.29. The van der Waals surface area contributed by atoms with E-state index in [9.17, 15) is 29.9 Å². The van der Waals surface area contributed by atoms with Crippen LogP contribution in [-0.4, -0.2) is 53.8 Å². The number of nitrogens with two attached hydrogens (primary N) is 1. The van der Waals surface area contributed by atoms with E-state index >= 15 is 0 Å². The maximum Gasteiger partial charge on any atom is 0.339 e. The summed E-state index contributed by atoms with van der Waals surface area (Å²) in [5, 5.41) is 29.3. The number of nitrogens with zero attached hydrogens (tertiary/aromatic N) is 1. The largest absolute Gasteiger partial charge is 0.506 e. The molecule has 0 atom stereocenters. The first-order valence-corrected chi connectivity index (χ1v) is 10.4. The molecule has 162 valence electrons. The van der Waals surface area contributed by atoms with E-state index in [0.29, 0.717) is 15.4 Å². The molecule has 12 heteroatoms. The second-order valence-corrected chi connectivity index (χ2v) is 7.09. The summed E-state index contributed by atoms with van der Waals surface area (Å²) in [5.74, 6) is -1.63. The highest BCUT2D eigenvalue weighted by Gasteiger charge is 2.21. The molecule has 10 nitrogen and oxygen atoms in total. The molecule has 0 bridgehead atoms. The highest BCUT2D eigenvalue weighted by atomic mass is 32.2. The molecule has 30 heavy (non-hydrogen) atoms. The van der Waals surface area contributed by atoms with E-state index in [-0.39, 0.29) is 17.0 Å². The number of carbonyl (C=O) groups is 2. The molecule has 0 aromatic heterocycles. The number of anilines is 1. The summed E-state index contributed by atoms with van der Waals surface area (Å²) in [7, 11) is 2.49. The molecular formula is C18H20N2O8S2. The molecule has 0 fully saturated rings. The van der Waals surface area contributed by atoms with Gasteiger partial charge in [-0.05, 0) is 24.6 Å². The molecule has 0 unspecified atom stereocenters. The summed E-state index contributed by atoms with van der Waals surface area (Å²) in [6, 6.07) is 5.04. The summed E-state index contributed by atoms with van der Waals surface area (Å²) in [6.07, 6.45) is 3.49. The van der Waals surface area contributed by atoms with Crippen LogP contribution in [0, 0.1) is 10.1 Å². The third kappa shape index (κ3) is 5.94. The Bertz CT molecular complexity index is 966. The van der Waals surface area contributed by atoms with E-state index in [1.807, 2.05) is 0 Å². The topological polar surface area (TPSA) is 162 Å². The summed E-state index contributed by atoms with van der Waals surface area (Å²) in [5.41, 5.74) is 5.56. The number of phenolic OH excluding ortho intramolecular Hbond substituents is 2. The van der Waals surface area contributed by atoms with Gasteiger partial charge >= 0.3 is 17.6 Å². The minimum atomic E-state index is -0.758. The van der Waals surface area contributed by atoms with E-state index in [4.69, 9.17) is 5.73 Å². The number of hydrogen-bond donors (Lipinski definition) is 3. The zero-order valence-corrected chi connectivity index (χ0v) is 18.1. The number of carbonyl (C=O) groups excluding carboxylic acids is 2. The third-order valence-electron chi connectivity index (χ3n) is 3.65. The maximum absolute atomic E-state index is 11.3. The quantitative estimate of drug-likeness (QED) is 0.151. The van der Waals surface area contributed by atoms with Gasteiger partial charge in [-0.1, -0.05) is 0 Å². The number of ether oxygens (including phenoxy) is 2. The van der Waals surface area contributed by atoms with Crippen molar-refractivity contribution >= 4 is 46.8 Å². The number of phenols is 2. The lowest BCUT2D eigenvalue weighted by atomic mass is 10.2. The fourth-order valence-corrected chi connectivity index (χ4v) is 3.35. The van der Waals surface area contributed by atoms with Gasteiger partial charge < -0.3 is 25.4 Å². The normalized spacial score (nSPS) is 9.87.